The fourth-order valence-electron chi connectivity index (χ4n) is 2.29. The summed E-state index contributed by atoms with van der Waals surface area (Å²) >= 11 is 0. The smallest absolute Gasteiger partial charge is 0.408 e. The summed E-state index contributed by atoms with van der Waals surface area (Å²) in [7, 11) is 1.35. The zero-order valence-electron chi connectivity index (χ0n) is 14.9. The average molecular weight is 335 g/mol. The number of hydrogen-bond acceptors (Lipinski definition) is 5. The Bertz CT molecular complexity index is 629. The zero-order chi connectivity index (χ0) is 18.0. The van der Waals surface area contributed by atoms with Gasteiger partial charge in [0.25, 0.3) is 0 Å². The summed E-state index contributed by atoms with van der Waals surface area (Å²) in [4.78, 5) is 23.7. The lowest BCUT2D eigenvalue weighted by Crippen LogP contribution is -2.44. The standard InChI is InChI=1S/C18H25NO5/c1-12-13(15(20)22-5)7-6-8-14(12)23-11-18(9-10-18)19-16(21)24-17(2,3)4/h6-8H,9-11H2,1-5H3,(H,19,21). The Labute approximate surface area is 142 Å². The number of amides is 1. The second-order valence-corrected chi connectivity index (χ2v) is 7.12. The van der Waals surface area contributed by atoms with Gasteiger partial charge in [0.15, 0.2) is 0 Å². The van der Waals surface area contributed by atoms with Gasteiger partial charge in [-0.15, -0.1) is 0 Å². The van der Waals surface area contributed by atoms with Gasteiger partial charge in [0.2, 0.25) is 0 Å². The van der Waals surface area contributed by atoms with Gasteiger partial charge in [-0.1, -0.05) is 6.07 Å². The number of ether oxygens (including phenoxy) is 3. The fraction of sp³-hybridized carbons (Fsp3) is 0.556. The maximum atomic E-state index is 11.9. The Balaban J connectivity index is 1.98. The number of rotatable bonds is 5. The quantitative estimate of drug-likeness (QED) is 0.836. The van der Waals surface area contributed by atoms with Crippen molar-refractivity contribution in [3.63, 3.8) is 0 Å². The predicted molar refractivity (Wildman–Crippen MR) is 89.3 cm³/mol. The van der Waals surface area contributed by atoms with Crippen LogP contribution < -0.4 is 10.1 Å². The highest BCUT2D eigenvalue weighted by Gasteiger charge is 2.46. The lowest BCUT2D eigenvalue weighted by atomic mass is 10.1. The van der Waals surface area contributed by atoms with Crippen LogP contribution in [0.4, 0.5) is 4.79 Å². The SMILES string of the molecule is COC(=O)c1cccc(OCC2(NC(=O)OC(C)(C)C)CC2)c1C. The van der Waals surface area contributed by atoms with E-state index in [0.29, 0.717) is 17.9 Å². The van der Waals surface area contributed by atoms with Crippen LogP contribution in [0.2, 0.25) is 0 Å². The lowest BCUT2D eigenvalue weighted by Gasteiger charge is -2.24. The molecule has 6 nitrogen and oxygen atoms in total. The van der Waals surface area contributed by atoms with E-state index in [-0.39, 0.29) is 0 Å². The maximum absolute atomic E-state index is 11.9. The maximum Gasteiger partial charge on any atom is 0.408 e. The first-order valence-electron chi connectivity index (χ1n) is 7.98. The van der Waals surface area contributed by atoms with Gasteiger partial charge in [-0.05, 0) is 52.7 Å². The molecule has 0 saturated heterocycles. The monoisotopic (exact) mass is 335 g/mol. The molecule has 132 valence electrons. The van der Waals surface area contributed by atoms with Crippen LogP contribution in [0.25, 0.3) is 0 Å². The average Bonchev–Trinajstić information content (AvgIpc) is 3.23. The Morgan fingerprint density at radius 2 is 1.92 bits per heavy atom. The second-order valence-electron chi connectivity index (χ2n) is 7.12. The number of benzene rings is 1. The molecular formula is C18H25NO5. The van der Waals surface area contributed by atoms with Crippen LogP contribution in [0.3, 0.4) is 0 Å². The fourth-order valence-corrected chi connectivity index (χ4v) is 2.29. The first kappa shape index (κ1) is 18.1. The van der Waals surface area contributed by atoms with E-state index in [4.69, 9.17) is 14.2 Å². The number of carbonyl (C=O) groups excluding carboxylic acids is 2. The molecule has 1 aromatic rings. The molecule has 0 heterocycles. The van der Waals surface area contributed by atoms with E-state index in [1.54, 1.807) is 18.2 Å². The molecular weight excluding hydrogens is 310 g/mol. The molecule has 6 heteroatoms. The number of alkyl carbamates (subject to hydrolysis) is 1. The van der Waals surface area contributed by atoms with Crippen molar-refractivity contribution in [2.24, 2.45) is 0 Å². The van der Waals surface area contributed by atoms with Gasteiger partial charge in [0.05, 0.1) is 18.2 Å². The molecule has 0 atom stereocenters. The van der Waals surface area contributed by atoms with E-state index in [1.807, 2.05) is 27.7 Å². The van der Waals surface area contributed by atoms with E-state index in [2.05, 4.69) is 5.32 Å². The van der Waals surface area contributed by atoms with Crippen LogP contribution in [0.1, 0.15) is 49.5 Å². The van der Waals surface area contributed by atoms with Crippen molar-refractivity contribution in [1.29, 1.82) is 0 Å². The zero-order valence-corrected chi connectivity index (χ0v) is 14.9. The number of hydrogen-bond donors (Lipinski definition) is 1. The number of esters is 1. The van der Waals surface area contributed by atoms with Gasteiger partial charge in [-0.25, -0.2) is 9.59 Å². The van der Waals surface area contributed by atoms with Gasteiger partial charge in [-0.2, -0.15) is 0 Å². The molecule has 2 rings (SSSR count). The molecule has 0 bridgehead atoms. The highest BCUT2D eigenvalue weighted by molar-refractivity contribution is 5.91. The third-order valence-electron chi connectivity index (χ3n) is 3.81. The molecule has 0 unspecified atom stereocenters. The highest BCUT2D eigenvalue weighted by atomic mass is 16.6. The summed E-state index contributed by atoms with van der Waals surface area (Å²) in [6.45, 7) is 7.61. The van der Waals surface area contributed by atoms with Crippen molar-refractivity contribution in [3.8, 4) is 5.75 Å². The molecule has 24 heavy (non-hydrogen) atoms. The summed E-state index contributed by atoms with van der Waals surface area (Å²) < 4.78 is 15.9. The van der Waals surface area contributed by atoms with Crippen molar-refractivity contribution in [1.82, 2.24) is 5.32 Å². The van der Waals surface area contributed by atoms with Crippen molar-refractivity contribution in [2.45, 2.75) is 51.7 Å². The molecule has 1 saturated carbocycles. The van der Waals surface area contributed by atoms with E-state index >= 15 is 0 Å². The number of carbonyl (C=O) groups is 2. The molecule has 1 aromatic carbocycles. The first-order valence-corrected chi connectivity index (χ1v) is 7.98. The molecule has 1 N–H and O–H groups in total. The van der Waals surface area contributed by atoms with E-state index < -0.39 is 23.2 Å². The van der Waals surface area contributed by atoms with Crippen LogP contribution in [-0.4, -0.2) is 36.9 Å². The normalized spacial score (nSPS) is 15.4. The molecule has 1 aliphatic carbocycles. The van der Waals surface area contributed by atoms with Crippen LogP contribution in [-0.2, 0) is 9.47 Å². The third-order valence-corrected chi connectivity index (χ3v) is 3.81. The second kappa shape index (κ2) is 6.71. The Morgan fingerprint density at radius 1 is 1.25 bits per heavy atom. The van der Waals surface area contributed by atoms with Crippen LogP contribution in [0.15, 0.2) is 18.2 Å². The summed E-state index contributed by atoms with van der Waals surface area (Å²) in [6, 6.07) is 5.24. The largest absolute Gasteiger partial charge is 0.491 e. The van der Waals surface area contributed by atoms with Gasteiger partial charge in [0.1, 0.15) is 18.0 Å². The molecule has 0 radical (unpaired) electrons. The minimum absolute atomic E-state index is 0.331. The third kappa shape index (κ3) is 4.63. The summed E-state index contributed by atoms with van der Waals surface area (Å²) in [5, 5.41) is 2.88. The van der Waals surface area contributed by atoms with Gasteiger partial charge >= 0.3 is 12.1 Å². The topological polar surface area (TPSA) is 73.9 Å². The van der Waals surface area contributed by atoms with Crippen molar-refractivity contribution < 1.29 is 23.8 Å². The van der Waals surface area contributed by atoms with Gasteiger partial charge in [0, 0.05) is 5.56 Å². The molecule has 0 aromatic heterocycles. The summed E-state index contributed by atoms with van der Waals surface area (Å²) in [5.41, 5.74) is 0.264. The Kier molecular flexibility index (Phi) is 5.06. The summed E-state index contributed by atoms with van der Waals surface area (Å²) in [6.07, 6.45) is 1.23. The number of methoxy groups -OCH3 is 1. The van der Waals surface area contributed by atoms with Crippen LogP contribution in [0, 0.1) is 6.92 Å². The van der Waals surface area contributed by atoms with E-state index in [1.165, 1.54) is 7.11 Å². The van der Waals surface area contributed by atoms with Crippen molar-refractivity contribution in [2.75, 3.05) is 13.7 Å². The van der Waals surface area contributed by atoms with Crippen molar-refractivity contribution in [3.05, 3.63) is 29.3 Å². The molecule has 1 aliphatic rings. The first-order chi connectivity index (χ1) is 11.2. The lowest BCUT2D eigenvalue weighted by molar-refractivity contribution is 0.0476. The van der Waals surface area contributed by atoms with Crippen LogP contribution in [0.5, 0.6) is 5.75 Å². The van der Waals surface area contributed by atoms with E-state index in [0.717, 1.165) is 18.4 Å². The Morgan fingerprint density at radius 3 is 2.46 bits per heavy atom. The number of nitrogens with one attached hydrogen (secondary N) is 1. The van der Waals surface area contributed by atoms with Gasteiger partial charge < -0.3 is 19.5 Å². The molecule has 1 fully saturated rings. The van der Waals surface area contributed by atoms with Crippen molar-refractivity contribution >= 4 is 12.1 Å². The van der Waals surface area contributed by atoms with Gasteiger partial charge in [-0.3, -0.25) is 0 Å². The van der Waals surface area contributed by atoms with Crippen LogP contribution >= 0.6 is 0 Å². The predicted octanol–water partition coefficient (Wildman–Crippen LogP) is 3.22. The minimum Gasteiger partial charge on any atom is -0.491 e. The summed E-state index contributed by atoms with van der Waals surface area (Å²) in [5.74, 6) is 0.209. The minimum atomic E-state index is -0.535. The molecule has 0 spiro atoms. The highest BCUT2D eigenvalue weighted by Crippen LogP contribution is 2.37. The Hall–Kier alpha value is -2.24. The molecule has 1 amide bonds. The van der Waals surface area contributed by atoms with E-state index in [9.17, 15) is 9.59 Å². The molecule has 0 aliphatic heterocycles.